The average Bonchev–Trinajstić information content (AvgIpc) is 2.93. The molecule has 0 spiro atoms. The Morgan fingerprint density at radius 2 is 0.579 bits per heavy atom. The molecule has 0 heterocycles. The first-order valence-electron chi connectivity index (χ1n) is 12.7. The van der Waals surface area contributed by atoms with E-state index in [4.69, 9.17) is 0 Å². The van der Waals surface area contributed by atoms with Gasteiger partial charge in [-0.3, -0.25) is 0 Å². The van der Waals surface area contributed by atoms with Crippen molar-refractivity contribution < 1.29 is 0 Å². The van der Waals surface area contributed by atoms with Crippen LogP contribution in [-0.4, -0.2) is 0 Å². The van der Waals surface area contributed by atoms with Crippen LogP contribution in [0.5, 0.6) is 0 Å². The van der Waals surface area contributed by atoms with Gasteiger partial charge in [-0.1, -0.05) is 119 Å². The maximum Gasteiger partial charge on any atom is 0.100 e. The molecular formula is C36H28N2. The molecule has 0 bridgehead atoms. The van der Waals surface area contributed by atoms with Crippen LogP contribution in [0.4, 0.5) is 0 Å². The fraction of sp³-hybridized carbons (Fsp3) is 0.111. The highest BCUT2D eigenvalue weighted by atomic mass is 14.3. The van der Waals surface area contributed by atoms with E-state index in [0.717, 1.165) is 61.2 Å². The van der Waals surface area contributed by atoms with E-state index in [0.29, 0.717) is 16.7 Å². The molecule has 0 saturated heterocycles. The highest BCUT2D eigenvalue weighted by Crippen LogP contribution is 2.48. The minimum absolute atomic E-state index is 0.515. The number of rotatable bonds is 4. The first kappa shape index (κ1) is 24.8. The maximum absolute atomic E-state index is 10.7. The van der Waals surface area contributed by atoms with E-state index in [2.05, 4.69) is 106 Å². The second-order valence-corrected chi connectivity index (χ2v) is 9.94. The predicted molar refractivity (Wildman–Crippen MR) is 157 cm³/mol. The van der Waals surface area contributed by atoms with Crippen molar-refractivity contribution in [3.05, 3.63) is 130 Å². The molecular weight excluding hydrogens is 460 g/mol. The first-order valence-corrected chi connectivity index (χ1v) is 12.7. The van der Waals surface area contributed by atoms with Gasteiger partial charge in [0.2, 0.25) is 0 Å². The predicted octanol–water partition coefficient (Wildman–Crippen LogP) is 9.33. The lowest BCUT2D eigenvalue weighted by atomic mass is 9.77. The molecule has 0 fully saturated rings. The topological polar surface area (TPSA) is 47.6 Å². The van der Waals surface area contributed by atoms with Crippen LogP contribution >= 0.6 is 0 Å². The van der Waals surface area contributed by atoms with Crippen LogP contribution in [0.3, 0.4) is 0 Å². The first-order chi connectivity index (χ1) is 18.4. The summed E-state index contributed by atoms with van der Waals surface area (Å²) in [6.07, 6.45) is 0. The van der Waals surface area contributed by atoms with Gasteiger partial charge in [-0.05, 0) is 49.9 Å². The Hall–Kier alpha value is -4.92. The minimum atomic E-state index is 0.515. The summed E-state index contributed by atoms with van der Waals surface area (Å²) in [6.45, 7) is 8.22. The number of aryl methyl sites for hydroxylation is 4. The van der Waals surface area contributed by atoms with Crippen molar-refractivity contribution in [2.24, 2.45) is 0 Å². The van der Waals surface area contributed by atoms with Crippen LogP contribution < -0.4 is 0 Å². The molecule has 0 unspecified atom stereocenters. The lowest BCUT2D eigenvalue weighted by molar-refractivity contribution is 1.40. The quantitative estimate of drug-likeness (QED) is 0.253. The second-order valence-electron chi connectivity index (χ2n) is 9.94. The smallest absolute Gasteiger partial charge is 0.100 e. The summed E-state index contributed by atoms with van der Waals surface area (Å²) in [5.74, 6) is 0. The van der Waals surface area contributed by atoms with Gasteiger partial charge in [0.25, 0.3) is 0 Å². The van der Waals surface area contributed by atoms with Crippen molar-refractivity contribution in [1.29, 1.82) is 10.5 Å². The Balaban J connectivity index is 2.05. The highest BCUT2D eigenvalue weighted by molar-refractivity contribution is 6.04. The Morgan fingerprint density at radius 1 is 0.342 bits per heavy atom. The molecule has 0 radical (unpaired) electrons. The molecule has 5 aromatic carbocycles. The Kier molecular flexibility index (Phi) is 6.66. The molecule has 0 aliphatic carbocycles. The van der Waals surface area contributed by atoms with E-state index in [-0.39, 0.29) is 0 Å². The van der Waals surface area contributed by atoms with E-state index in [1.807, 2.05) is 31.2 Å². The summed E-state index contributed by atoms with van der Waals surface area (Å²) in [5.41, 5.74) is 12.6. The van der Waals surface area contributed by atoms with E-state index in [9.17, 15) is 10.5 Å². The Morgan fingerprint density at radius 3 is 0.842 bits per heavy atom. The monoisotopic (exact) mass is 488 g/mol. The number of hydrogen-bond donors (Lipinski definition) is 0. The molecule has 38 heavy (non-hydrogen) atoms. The van der Waals surface area contributed by atoms with Crippen molar-refractivity contribution in [3.63, 3.8) is 0 Å². The third-order valence-electron chi connectivity index (χ3n) is 7.08. The van der Waals surface area contributed by atoms with Crippen molar-refractivity contribution >= 4 is 0 Å². The van der Waals surface area contributed by atoms with Gasteiger partial charge in [0.05, 0.1) is 11.1 Å². The summed E-state index contributed by atoms with van der Waals surface area (Å²) < 4.78 is 0. The zero-order valence-electron chi connectivity index (χ0n) is 22.1. The molecule has 0 aliphatic rings. The molecule has 0 atom stereocenters. The van der Waals surface area contributed by atoms with Crippen molar-refractivity contribution in [2.45, 2.75) is 27.7 Å². The molecule has 0 N–H and O–H groups in total. The maximum atomic E-state index is 10.7. The van der Waals surface area contributed by atoms with Gasteiger partial charge >= 0.3 is 0 Å². The Labute approximate surface area is 225 Å². The molecule has 5 aromatic rings. The number of benzene rings is 5. The van der Waals surface area contributed by atoms with Crippen LogP contribution in [0.15, 0.2) is 97.1 Å². The summed E-state index contributed by atoms with van der Waals surface area (Å²) in [6, 6.07) is 38.1. The Bertz CT molecular complexity index is 1620. The normalized spacial score (nSPS) is 10.6. The van der Waals surface area contributed by atoms with Gasteiger partial charge in [-0.2, -0.15) is 10.5 Å². The van der Waals surface area contributed by atoms with Gasteiger partial charge in [0.1, 0.15) is 12.1 Å². The summed E-state index contributed by atoms with van der Waals surface area (Å²) in [4.78, 5) is 0. The summed E-state index contributed by atoms with van der Waals surface area (Å²) in [7, 11) is 0. The van der Waals surface area contributed by atoms with Crippen LogP contribution in [0.2, 0.25) is 0 Å². The highest BCUT2D eigenvalue weighted by Gasteiger charge is 2.27. The fourth-order valence-corrected chi connectivity index (χ4v) is 5.01. The summed E-state index contributed by atoms with van der Waals surface area (Å²) in [5, 5.41) is 21.4. The van der Waals surface area contributed by atoms with Crippen molar-refractivity contribution in [3.8, 4) is 56.6 Å². The van der Waals surface area contributed by atoms with Crippen molar-refractivity contribution in [1.82, 2.24) is 0 Å². The van der Waals surface area contributed by atoms with Crippen LogP contribution in [0.25, 0.3) is 44.5 Å². The van der Waals surface area contributed by atoms with Gasteiger partial charge in [0.15, 0.2) is 0 Å². The lowest BCUT2D eigenvalue weighted by Crippen LogP contribution is -2.02. The molecule has 2 heteroatoms. The number of nitrogens with zero attached hydrogens (tertiary/aromatic N) is 2. The van der Waals surface area contributed by atoms with E-state index >= 15 is 0 Å². The third kappa shape index (κ3) is 4.50. The lowest BCUT2D eigenvalue weighted by Gasteiger charge is -2.23. The molecule has 0 aromatic heterocycles. The number of nitriles is 2. The fourth-order valence-electron chi connectivity index (χ4n) is 5.01. The van der Waals surface area contributed by atoms with E-state index < -0.39 is 0 Å². The van der Waals surface area contributed by atoms with Crippen LogP contribution in [0, 0.1) is 50.4 Å². The van der Waals surface area contributed by atoms with Crippen LogP contribution in [-0.2, 0) is 0 Å². The standard InChI is InChI=1S/C36H28N2/c1-23-5-13-27(14-6-23)33-31(21-37)34(28-15-7-24(2)8-16-28)36(30-19-11-26(4)12-20-30)35(32(33)22-38)29-17-9-25(3)10-18-29/h5-20H,1-4H3. The van der Waals surface area contributed by atoms with E-state index in [1.54, 1.807) is 0 Å². The second kappa shape index (κ2) is 10.2. The number of hydrogen-bond acceptors (Lipinski definition) is 2. The van der Waals surface area contributed by atoms with E-state index in [1.165, 1.54) is 0 Å². The molecule has 182 valence electrons. The molecule has 0 saturated carbocycles. The average molecular weight is 489 g/mol. The van der Waals surface area contributed by atoms with Gasteiger partial charge in [-0.25, -0.2) is 0 Å². The SMILES string of the molecule is Cc1ccc(-c2c(C#N)c(-c3ccc(C)cc3)c(-c3ccc(C)cc3)c(-c3ccc(C)cc3)c2C#N)cc1. The zero-order chi connectivity index (χ0) is 26.8. The zero-order valence-corrected chi connectivity index (χ0v) is 22.1. The summed E-state index contributed by atoms with van der Waals surface area (Å²) >= 11 is 0. The van der Waals surface area contributed by atoms with Gasteiger partial charge in [0, 0.05) is 22.3 Å². The van der Waals surface area contributed by atoms with Crippen molar-refractivity contribution in [2.75, 3.05) is 0 Å². The minimum Gasteiger partial charge on any atom is -0.192 e. The van der Waals surface area contributed by atoms with Crippen LogP contribution in [0.1, 0.15) is 33.4 Å². The molecule has 2 nitrogen and oxygen atoms in total. The largest absolute Gasteiger partial charge is 0.192 e. The molecule has 0 aliphatic heterocycles. The third-order valence-corrected chi connectivity index (χ3v) is 7.08. The van der Waals surface area contributed by atoms with Gasteiger partial charge < -0.3 is 0 Å². The molecule has 0 amide bonds. The van der Waals surface area contributed by atoms with Gasteiger partial charge in [-0.15, -0.1) is 0 Å². The molecule has 5 rings (SSSR count).